The average molecular weight is 255 g/mol. The lowest BCUT2D eigenvalue weighted by Crippen LogP contribution is -2.52. The zero-order chi connectivity index (χ0) is 13.0. The molecule has 0 spiro atoms. The molecule has 3 nitrogen and oxygen atoms in total. The number of nitrogens with zero attached hydrogens (tertiary/aromatic N) is 3. The first-order valence-electron chi connectivity index (χ1n) is 7.61. The van der Waals surface area contributed by atoms with Crippen molar-refractivity contribution in [2.24, 2.45) is 17.8 Å². The van der Waals surface area contributed by atoms with Gasteiger partial charge in [0.25, 0.3) is 0 Å². The van der Waals surface area contributed by atoms with Crippen LogP contribution in [0.3, 0.4) is 0 Å². The second-order valence-electron chi connectivity index (χ2n) is 7.17. The van der Waals surface area contributed by atoms with Crippen molar-refractivity contribution in [1.29, 1.82) is 5.26 Å². The molecule has 0 aliphatic heterocycles. The van der Waals surface area contributed by atoms with Gasteiger partial charge in [-0.1, -0.05) is 0 Å². The highest BCUT2D eigenvalue weighted by atomic mass is 15.3. The number of rotatable bonds is 2. The molecule has 0 N–H and O–H groups in total. The monoisotopic (exact) mass is 255 g/mol. The van der Waals surface area contributed by atoms with E-state index in [9.17, 15) is 0 Å². The molecule has 4 bridgehead atoms. The van der Waals surface area contributed by atoms with E-state index in [1.807, 2.05) is 0 Å². The van der Waals surface area contributed by atoms with Gasteiger partial charge in [0.05, 0.1) is 23.7 Å². The Morgan fingerprint density at radius 1 is 1.26 bits per heavy atom. The molecule has 0 atom stereocenters. The highest BCUT2D eigenvalue weighted by Crippen LogP contribution is 2.58. The van der Waals surface area contributed by atoms with Gasteiger partial charge in [-0.15, -0.1) is 0 Å². The summed E-state index contributed by atoms with van der Waals surface area (Å²) in [6.07, 6.45) is 8.81. The number of hydrogen-bond donors (Lipinski definition) is 0. The summed E-state index contributed by atoms with van der Waals surface area (Å²) < 4.78 is 2.31. The average Bonchev–Trinajstić information content (AvgIpc) is 2.70. The zero-order valence-corrected chi connectivity index (χ0v) is 11.6. The van der Waals surface area contributed by atoms with Crippen LogP contribution in [-0.4, -0.2) is 9.78 Å². The topological polar surface area (TPSA) is 41.6 Å². The molecule has 3 heteroatoms. The molecule has 4 aliphatic rings. The molecule has 1 aromatic heterocycles. The van der Waals surface area contributed by atoms with Gasteiger partial charge in [-0.2, -0.15) is 10.4 Å². The van der Waals surface area contributed by atoms with Crippen LogP contribution in [0.2, 0.25) is 0 Å². The minimum atomic E-state index is 0.298. The summed E-state index contributed by atoms with van der Waals surface area (Å²) in [5.74, 6) is 2.82. The third-order valence-electron chi connectivity index (χ3n) is 5.65. The van der Waals surface area contributed by atoms with E-state index in [-0.39, 0.29) is 0 Å². The van der Waals surface area contributed by atoms with E-state index in [2.05, 4.69) is 23.7 Å². The van der Waals surface area contributed by atoms with Gasteiger partial charge in [0.1, 0.15) is 0 Å². The van der Waals surface area contributed by atoms with Crippen molar-refractivity contribution >= 4 is 0 Å². The third kappa shape index (κ3) is 1.65. The largest absolute Gasteiger partial charge is 0.263 e. The van der Waals surface area contributed by atoms with Crippen LogP contribution in [0.15, 0.2) is 6.07 Å². The maximum atomic E-state index is 8.85. The molecule has 100 valence electrons. The van der Waals surface area contributed by atoms with Gasteiger partial charge >= 0.3 is 0 Å². The molecule has 4 fully saturated rings. The van der Waals surface area contributed by atoms with Crippen LogP contribution < -0.4 is 0 Å². The Hall–Kier alpha value is -1.30. The smallest absolute Gasteiger partial charge is 0.0793 e. The Kier molecular flexibility index (Phi) is 2.33. The fourth-order valence-corrected chi connectivity index (χ4v) is 5.51. The Morgan fingerprint density at radius 2 is 1.84 bits per heavy atom. The lowest BCUT2D eigenvalue weighted by atomic mass is 9.53. The third-order valence-corrected chi connectivity index (χ3v) is 5.65. The number of aromatic nitrogens is 2. The van der Waals surface area contributed by atoms with Crippen molar-refractivity contribution in [1.82, 2.24) is 9.78 Å². The Labute approximate surface area is 114 Å². The van der Waals surface area contributed by atoms with E-state index in [0.29, 0.717) is 12.0 Å². The predicted octanol–water partition coefficient (Wildman–Crippen LogP) is 3.18. The molecule has 0 aromatic carbocycles. The summed E-state index contributed by atoms with van der Waals surface area (Å²) in [7, 11) is 0. The van der Waals surface area contributed by atoms with Gasteiger partial charge in [0.15, 0.2) is 0 Å². The first-order chi connectivity index (χ1) is 9.18. The van der Waals surface area contributed by atoms with Crippen molar-refractivity contribution in [2.45, 2.75) is 57.4 Å². The van der Waals surface area contributed by atoms with Crippen molar-refractivity contribution in [3.05, 3.63) is 17.5 Å². The molecule has 4 aliphatic carbocycles. The standard InChI is InChI=1S/C16H21N3/c1-11-4-15(2-3-17)18-19(11)16-8-12-5-13(9-16)7-14(6-12)10-16/h4,12-14H,2,5-10H2,1H3. The quantitative estimate of drug-likeness (QED) is 0.814. The van der Waals surface area contributed by atoms with Crippen molar-refractivity contribution < 1.29 is 0 Å². The highest BCUT2D eigenvalue weighted by Gasteiger charge is 2.52. The maximum absolute atomic E-state index is 8.85. The normalized spacial score (nSPS) is 39.5. The van der Waals surface area contributed by atoms with E-state index >= 15 is 0 Å². The lowest BCUT2D eigenvalue weighted by molar-refractivity contribution is -0.0505. The molecular formula is C16H21N3. The fourth-order valence-electron chi connectivity index (χ4n) is 5.51. The summed E-state index contributed by atoms with van der Waals surface area (Å²) in [4.78, 5) is 0. The number of hydrogen-bond acceptors (Lipinski definition) is 2. The predicted molar refractivity (Wildman–Crippen MR) is 72.4 cm³/mol. The Balaban J connectivity index is 1.73. The SMILES string of the molecule is Cc1cc(CC#N)nn1C12CC3CC(CC(C3)C1)C2. The number of nitriles is 1. The summed E-state index contributed by atoms with van der Waals surface area (Å²) >= 11 is 0. The van der Waals surface area contributed by atoms with Crippen molar-refractivity contribution in [3.63, 3.8) is 0 Å². The summed E-state index contributed by atoms with van der Waals surface area (Å²) in [6, 6.07) is 4.34. The first-order valence-corrected chi connectivity index (χ1v) is 7.61. The molecule has 0 radical (unpaired) electrons. The van der Waals surface area contributed by atoms with E-state index < -0.39 is 0 Å². The summed E-state index contributed by atoms with van der Waals surface area (Å²) in [5.41, 5.74) is 2.51. The van der Waals surface area contributed by atoms with Gasteiger partial charge in [0, 0.05) is 5.69 Å². The van der Waals surface area contributed by atoms with Crippen LogP contribution in [0.4, 0.5) is 0 Å². The van der Waals surface area contributed by atoms with Crippen LogP contribution in [0, 0.1) is 36.0 Å². The Morgan fingerprint density at radius 3 is 2.37 bits per heavy atom. The van der Waals surface area contributed by atoms with E-state index in [1.165, 1.54) is 44.2 Å². The minimum Gasteiger partial charge on any atom is -0.263 e. The van der Waals surface area contributed by atoms with Crippen molar-refractivity contribution in [3.8, 4) is 6.07 Å². The van der Waals surface area contributed by atoms with Gasteiger partial charge in [-0.05, 0) is 69.3 Å². The molecule has 1 aromatic rings. The van der Waals surface area contributed by atoms with Gasteiger partial charge < -0.3 is 0 Å². The van der Waals surface area contributed by atoms with Crippen LogP contribution in [-0.2, 0) is 12.0 Å². The van der Waals surface area contributed by atoms with Gasteiger partial charge in [0.2, 0.25) is 0 Å². The fraction of sp³-hybridized carbons (Fsp3) is 0.750. The molecule has 0 unspecified atom stereocenters. The highest BCUT2D eigenvalue weighted by molar-refractivity contribution is 5.16. The molecule has 0 saturated heterocycles. The van der Waals surface area contributed by atoms with Crippen LogP contribution >= 0.6 is 0 Å². The van der Waals surface area contributed by atoms with Crippen LogP contribution in [0.25, 0.3) is 0 Å². The Bertz CT molecular complexity index is 514. The summed E-state index contributed by atoms with van der Waals surface area (Å²) in [6.45, 7) is 2.16. The minimum absolute atomic E-state index is 0.298. The van der Waals surface area contributed by atoms with Gasteiger partial charge in [-0.3, -0.25) is 4.68 Å². The van der Waals surface area contributed by atoms with Crippen LogP contribution in [0.5, 0.6) is 0 Å². The lowest BCUT2D eigenvalue weighted by Gasteiger charge is -2.56. The second kappa shape index (κ2) is 3.85. The molecule has 4 saturated carbocycles. The molecular weight excluding hydrogens is 234 g/mol. The van der Waals surface area contributed by atoms with Crippen molar-refractivity contribution in [2.75, 3.05) is 0 Å². The molecule has 5 rings (SSSR count). The maximum Gasteiger partial charge on any atom is 0.0793 e. The molecule has 0 amide bonds. The second-order valence-corrected chi connectivity index (χ2v) is 7.17. The first kappa shape index (κ1) is 11.5. The zero-order valence-electron chi connectivity index (χ0n) is 11.6. The number of aryl methyl sites for hydroxylation is 1. The van der Waals surface area contributed by atoms with E-state index in [0.717, 1.165) is 23.4 Å². The van der Waals surface area contributed by atoms with E-state index in [4.69, 9.17) is 10.4 Å². The van der Waals surface area contributed by atoms with E-state index in [1.54, 1.807) is 0 Å². The van der Waals surface area contributed by atoms with Crippen LogP contribution in [0.1, 0.15) is 49.9 Å². The van der Waals surface area contributed by atoms with Gasteiger partial charge in [-0.25, -0.2) is 0 Å². The summed E-state index contributed by atoms with van der Waals surface area (Å²) in [5, 5.41) is 13.6. The molecule has 19 heavy (non-hydrogen) atoms. The molecule has 1 heterocycles.